The second-order valence-electron chi connectivity index (χ2n) is 5.93. The molecule has 1 rings (SSSR count). The maximum atomic E-state index is 8.82. The van der Waals surface area contributed by atoms with E-state index < -0.39 is 8.07 Å². The number of nitriles is 1. The van der Waals surface area contributed by atoms with E-state index in [4.69, 9.17) is 5.26 Å². The van der Waals surface area contributed by atoms with Gasteiger partial charge in [-0.3, -0.25) is 0 Å². The minimum atomic E-state index is -1.05. The third-order valence-electron chi connectivity index (χ3n) is 3.69. The van der Waals surface area contributed by atoms with Gasteiger partial charge in [0.25, 0.3) is 0 Å². The summed E-state index contributed by atoms with van der Waals surface area (Å²) in [5.74, 6) is 0.324. The quantitative estimate of drug-likeness (QED) is 0.748. The molecule has 1 aliphatic rings. The van der Waals surface area contributed by atoms with Crippen LogP contribution in [0, 0.1) is 17.2 Å². The van der Waals surface area contributed by atoms with Crippen LogP contribution in [0.2, 0.25) is 19.6 Å². The molecular formula is C12H24N2Si. The van der Waals surface area contributed by atoms with Crippen LogP contribution in [0.5, 0.6) is 0 Å². The smallest absolute Gasteiger partial charge is 0.0655 e. The Bertz CT molecular complexity index is 231. The second-order valence-corrected chi connectivity index (χ2v) is 11.5. The number of hydrogen-bond acceptors (Lipinski definition) is 2. The summed E-state index contributed by atoms with van der Waals surface area (Å²) in [6, 6.07) is 3.05. The highest BCUT2D eigenvalue weighted by Crippen LogP contribution is 2.24. The van der Waals surface area contributed by atoms with E-state index in [2.05, 4.69) is 38.0 Å². The van der Waals surface area contributed by atoms with Gasteiger partial charge in [-0.25, -0.2) is 0 Å². The van der Waals surface area contributed by atoms with Gasteiger partial charge >= 0.3 is 0 Å². The molecule has 0 heterocycles. The number of rotatable bonds is 3. The average Bonchev–Trinajstić information content (AvgIpc) is 2.17. The Morgan fingerprint density at radius 1 is 1.20 bits per heavy atom. The van der Waals surface area contributed by atoms with Gasteiger partial charge in [-0.15, -0.1) is 0 Å². The highest BCUT2D eigenvalue weighted by Gasteiger charge is 2.27. The fourth-order valence-electron chi connectivity index (χ4n) is 1.99. The summed E-state index contributed by atoms with van der Waals surface area (Å²) in [6.45, 7) is 9.55. The maximum Gasteiger partial charge on any atom is 0.0655 e. The summed E-state index contributed by atoms with van der Waals surface area (Å²) in [5, 5.41) is 12.6. The predicted molar refractivity (Wildman–Crippen MR) is 67.3 cm³/mol. The summed E-state index contributed by atoms with van der Waals surface area (Å²) in [6.07, 6.45) is 4.55. The summed E-state index contributed by atoms with van der Waals surface area (Å²) < 4.78 is 0. The normalized spacial score (nSPS) is 29.5. The van der Waals surface area contributed by atoms with Crippen molar-refractivity contribution in [3.05, 3.63) is 0 Å². The van der Waals surface area contributed by atoms with Crippen molar-refractivity contribution < 1.29 is 0 Å². The number of nitrogens with zero attached hydrogens (tertiary/aromatic N) is 1. The van der Waals surface area contributed by atoms with E-state index in [1.807, 2.05) is 0 Å². The molecule has 0 bridgehead atoms. The van der Waals surface area contributed by atoms with Crippen LogP contribution < -0.4 is 5.32 Å². The molecule has 0 aromatic rings. The molecule has 0 radical (unpaired) electrons. The largest absolute Gasteiger partial charge is 0.314 e. The van der Waals surface area contributed by atoms with Crippen molar-refractivity contribution in [2.75, 3.05) is 0 Å². The minimum Gasteiger partial charge on any atom is -0.314 e. The van der Waals surface area contributed by atoms with Gasteiger partial charge in [-0.2, -0.15) is 5.26 Å². The predicted octanol–water partition coefficient (Wildman–Crippen LogP) is 2.92. The SMILES string of the molecule is CC(NC1CCC(C#N)CC1)[Si](C)(C)C. The zero-order chi connectivity index (χ0) is 11.5. The monoisotopic (exact) mass is 224 g/mol. The Balaban J connectivity index is 2.33. The van der Waals surface area contributed by atoms with E-state index in [-0.39, 0.29) is 0 Å². The van der Waals surface area contributed by atoms with E-state index in [1.165, 1.54) is 12.8 Å². The van der Waals surface area contributed by atoms with Crippen LogP contribution in [0.15, 0.2) is 0 Å². The molecule has 0 aliphatic heterocycles. The first-order chi connectivity index (χ1) is 6.93. The molecule has 1 atom stereocenters. The van der Waals surface area contributed by atoms with E-state index in [0.717, 1.165) is 12.8 Å². The topological polar surface area (TPSA) is 35.8 Å². The summed E-state index contributed by atoms with van der Waals surface area (Å²) in [4.78, 5) is 0. The fraction of sp³-hybridized carbons (Fsp3) is 0.917. The van der Waals surface area contributed by atoms with Crippen molar-refractivity contribution in [3.8, 4) is 6.07 Å². The summed E-state index contributed by atoms with van der Waals surface area (Å²) >= 11 is 0. The van der Waals surface area contributed by atoms with Crippen LogP contribution in [0.3, 0.4) is 0 Å². The van der Waals surface area contributed by atoms with Crippen molar-refractivity contribution in [2.45, 2.75) is 64.0 Å². The fourth-order valence-corrected chi connectivity index (χ4v) is 2.73. The van der Waals surface area contributed by atoms with Gasteiger partial charge in [0.15, 0.2) is 0 Å². The molecule has 1 aliphatic carbocycles. The summed E-state index contributed by atoms with van der Waals surface area (Å²) in [5.41, 5.74) is 0.682. The zero-order valence-electron chi connectivity index (χ0n) is 10.5. The highest BCUT2D eigenvalue weighted by molar-refractivity contribution is 6.77. The van der Waals surface area contributed by atoms with Crippen LogP contribution >= 0.6 is 0 Å². The Morgan fingerprint density at radius 3 is 2.13 bits per heavy atom. The molecule has 0 aromatic carbocycles. The zero-order valence-corrected chi connectivity index (χ0v) is 11.5. The maximum absolute atomic E-state index is 8.82. The molecule has 0 aromatic heterocycles. The Hall–Kier alpha value is -0.333. The molecule has 0 spiro atoms. The van der Waals surface area contributed by atoms with Gasteiger partial charge in [-0.05, 0) is 31.3 Å². The first kappa shape index (κ1) is 12.7. The molecule has 0 amide bonds. The lowest BCUT2D eigenvalue weighted by Crippen LogP contribution is -2.51. The lowest BCUT2D eigenvalue weighted by atomic mass is 9.87. The van der Waals surface area contributed by atoms with E-state index in [0.29, 0.717) is 17.6 Å². The number of nitrogens with one attached hydrogen (secondary N) is 1. The molecule has 3 heteroatoms. The second kappa shape index (κ2) is 5.13. The summed E-state index contributed by atoms with van der Waals surface area (Å²) in [7, 11) is -1.05. The molecule has 86 valence electrons. The third-order valence-corrected chi connectivity index (χ3v) is 6.46. The van der Waals surface area contributed by atoms with Gasteiger partial charge in [0.2, 0.25) is 0 Å². The minimum absolute atomic E-state index is 0.324. The standard InChI is InChI=1S/C12H24N2Si/c1-10(15(2,3)4)14-12-7-5-11(9-13)6-8-12/h10-12,14H,5-8H2,1-4H3. The lowest BCUT2D eigenvalue weighted by Gasteiger charge is -2.33. The van der Waals surface area contributed by atoms with Crippen LogP contribution in [-0.2, 0) is 0 Å². The molecular weight excluding hydrogens is 200 g/mol. The van der Waals surface area contributed by atoms with E-state index >= 15 is 0 Å². The molecule has 15 heavy (non-hydrogen) atoms. The Kier molecular flexibility index (Phi) is 4.36. The molecule has 1 unspecified atom stereocenters. The Labute approximate surface area is 95.1 Å². The van der Waals surface area contributed by atoms with Crippen molar-refractivity contribution >= 4 is 8.07 Å². The third kappa shape index (κ3) is 3.96. The van der Waals surface area contributed by atoms with Gasteiger partial charge < -0.3 is 5.32 Å². The van der Waals surface area contributed by atoms with Crippen LogP contribution in [-0.4, -0.2) is 19.8 Å². The van der Waals surface area contributed by atoms with Gasteiger partial charge in [-0.1, -0.05) is 26.6 Å². The van der Waals surface area contributed by atoms with Crippen molar-refractivity contribution in [1.29, 1.82) is 5.26 Å². The van der Waals surface area contributed by atoms with Crippen LogP contribution in [0.25, 0.3) is 0 Å². The average molecular weight is 224 g/mol. The van der Waals surface area contributed by atoms with Gasteiger partial charge in [0, 0.05) is 12.0 Å². The molecule has 1 fully saturated rings. The Morgan fingerprint density at radius 2 is 1.73 bits per heavy atom. The van der Waals surface area contributed by atoms with Crippen molar-refractivity contribution in [2.24, 2.45) is 5.92 Å². The van der Waals surface area contributed by atoms with E-state index in [9.17, 15) is 0 Å². The van der Waals surface area contributed by atoms with Crippen LogP contribution in [0.4, 0.5) is 0 Å². The number of hydrogen-bond donors (Lipinski definition) is 1. The molecule has 0 saturated heterocycles. The highest BCUT2D eigenvalue weighted by atomic mass is 28.3. The molecule has 1 N–H and O–H groups in total. The van der Waals surface area contributed by atoms with Crippen LogP contribution in [0.1, 0.15) is 32.6 Å². The molecule has 1 saturated carbocycles. The lowest BCUT2D eigenvalue weighted by molar-refractivity contribution is 0.328. The van der Waals surface area contributed by atoms with Gasteiger partial charge in [0.05, 0.1) is 14.1 Å². The first-order valence-electron chi connectivity index (χ1n) is 6.09. The molecule has 2 nitrogen and oxygen atoms in total. The first-order valence-corrected chi connectivity index (χ1v) is 9.67. The van der Waals surface area contributed by atoms with E-state index in [1.54, 1.807) is 0 Å². The van der Waals surface area contributed by atoms with Crippen molar-refractivity contribution in [3.63, 3.8) is 0 Å². The van der Waals surface area contributed by atoms with Gasteiger partial charge in [0.1, 0.15) is 0 Å². The van der Waals surface area contributed by atoms with Crippen molar-refractivity contribution in [1.82, 2.24) is 5.32 Å².